The van der Waals surface area contributed by atoms with Gasteiger partial charge in [-0.3, -0.25) is 14.3 Å². The number of nitrogens with one attached hydrogen (secondary N) is 1. The van der Waals surface area contributed by atoms with Crippen LogP contribution in [0.1, 0.15) is 25.8 Å². The smallest absolute Gasteiger partial charge is 0.410 e. The third-order valence-electron chi connectivity index (χ3n) is 4.79. The minimum atomic E-state index is -3.74. The van der Waals surface area contributed by atoms with Gasteiger partial charge in [0.1, 0.15) is 6.61 Å². The van der Waals surface area contributed by atoms with Crippen molar-refractivity contribution in [2.45, 2.75) is 44.6 Å². The lowest BCUT2D eigenvalue weighted by Gasteiger charge is -2.30. The van der Waals surface area contributed by atoms with Crippen LogP contribution in [0.4, 0.5) is 15.3 Å². The number of nitrogens with two attached hydrogens (primary N) is 1. The number of ether oxygens (including phenoxy) is 2. The van der Waals surface area contributed by atoms with Gasteiger partial charge in [-0.2, -0.15) is 8.42 Å². The molecule has 1 aliphatic heterocycles. The van der Waals surface area contributed by atoms with Gasteiger partial charge in [-0.15, -0.1) is 0 Å². The lowest BCUT2D eigenvalue weighted by Crippen LogP contribution is -2.45. The Kier molecular flexibility index (Phi) is 8.57. The molecule has 0 aromatic heterocycles. The van der Waals surface area contributed by atoms with Gasteiger partial charge in [0.15, 0.2) is 0 Å². The van der Waals surface area contributed by atoms with E-state index in [-0.39, 0.29) is 38.4 Å². The summed E-state index contributed by atoms with van der Waals surface area (Å²) in [5.74, 6) is 0. The Hall–Kier alpha value is -2.97. The summed E-state index contributed by atoms with van der Waals surface area (Å²) in [6, 6.07) is 4.29. The molecule has 0 saturated carbocycles. The number of rotatable bonds is 10. The number of primary amides is 1. The van der Waals surface area contributed by atoms with Gasteiger partial charge in [0.05, 0.1) is 42.1 Å². The minimum absolute atomic E-state index is 0.0276. The molecule has 0 spiro atoms. The van der Waals surface area contributed by atoms with Crippen molar-refractivity contribution in [1.29, 1.82) is 0 Å². The number of urea groups is 1. The second-order valence-corrected chi connectivity index (χ2v) is 9.83. The molecule has 0 aliphatic carbocycles. The number of hydrogen-bond acceptors (Lipinski definition) is 9. The van der Waals surface area contributed by atoms with Gasteiger partial charge in [0, 0.05) is 18.7 Å². The number of carbonyl (C=O) groups is 2. The van der Waals surface area contributed by atoms with Crippen molar-refractivity contribution >= 4 is 27.9 Å². The maximum atomic E-state index is 12.7. The number of benzene rings is 1. The molecule has 1 aliphatic rings. The second kappa shape index (κ2) is 10.8. The zero-order valence-electron chi connectivity index (χ0n) is 18.6. The molecule has 2 atom stereocenters. The summed E-state index contributed by atoms with van der Waals surface area (Å²) in [4.78, 5) is 35.2. The van der Waals surface area contributed by atoms with Crippen LogP contribution < -0.4 is 11.1 Å². The van der Waals surface area contributed by atoms with Gasteiger partial charge in [0.2, 0.25) is 0 Å². The van der Waals surface area contributed by atoms with Gasteiger partial charge < -0.3 is 25.4 Å². The van der Waals surface area contributed by atoms with E-state index in [0.717, 1.165) is 6.26 Å². The first-order valence-electron chi connectivity index (χ1n) is 9.98. The SMILES string of the molecule is CC(C)(CNC(N)=O)OC[C@@H]1C[C@@H](OS(C)(=O)=O)CN1C(=O)OCc1ccc([N+](=O)[O-])cc1. The summed E-state index contributed by atoms with van der Waals surface area (Å²) < 4.78 is 39.3. The van der Waals surface area contributed by atoms with Crippen molar-refractivity contribution in [2.75, 3.05) is 26.0 Å². The molecule has 3 amide bonds. The number of amides is 3. The summed E-state index contributed by atoms with van der Waals surface area (Å²) >= 11 is 0. The van der Waals surface area contributed by atoms with Crippen LogP contribution in [0.3, 0.4) is 0 Å². The topological polar surface area (TPSA) is 180 Å². The number of nitrogens with zero attached hydrogens (tertiary/aromatic N) is 2. The van der Waals surface area contributed by atoms with Gasteiger partial charge in [0.25, 0.3) is 15.8 Å². The molecular weight excluding hydrogens is 460 g/mol. The molecule has 1 fully saturated rings. The first kappa shape index (κ1) is 26.3. The van der Waals surface area contributed by atoms with Crippen LogP contribution in [-0.2, 0) is 30.4 Å². The van der Waals surface area contributed by atoms with Gasteiger partial charge >= 0.3 is 12.1 Å². The molecule has 0 unspecified atom stereocenters. The molecule has 13 nitrogen and oxygen atoms in total. The molecule has 0 radical (unpaired) electrons. The van der Waals surface area contributed by atoms with Gasteiger partial charge in [-0.05, 0) is 38.0 Å². The number of nitro benzene ring substituents is 1. The predicted octanol–water partition coefficient (Wildman–Crippen LogP) is 1.11. The van der Waals surface area contributed by atoms with Crippen LogP contribution in [0.5, 0.6) is 0 Å². The largest absolute Gasteiger partial charge is 0.445 e. The fourth-order valence-corrected chi connectivity index (χ4v) is 3.82. The van der Waals surface area contributed by atoms with E-state index in [2.05, 4.69) is 5.32 Å². The van der Waals surface area contributed by atoms with E-state index in [1.807, 2.05) is 0 Å². The van der Waals surface area contributed by atoms with Crippen molar-refractivity contribution in [1.82, 2.24) is 10.2 Å². The first-order valence-corrected chi connectivity index (χ1v) is 11.8. The molecule has 1 saturated heterocycles. The fourth-order valence-electron chi connectivity index (χ4n) is 3.19. The maximum absolute atomic E-state index is 12.7. The average molecular weight is 489 g/mol. The lowest BCUT2D eigenvalue weighted by atomic mass is 10.1. The van der Waals surface area contributed by atoms with Crippen molar-refractivity contribution in [3.63, 3.8) is 0 Å². The monoisotopic (exact) mass is 488 g/mol. The predicted molar refractivity (Wildman–Crippen MR) is 116 cm³/mol. The Labute approximate surface area is 191 Å². The molecule has 3 N–H and O–H groups in total. The zero-order chi connectivity index (χ0) is 24.8. The number of non-ortho nitro benzene ring substituents is 1. The van der Waals surface area contributed by atoms with Crippen molar-refractivity contribution in [3.8, 4) is 0 Å². The van der Waals surface area contributed by atoms with E-state index in [1.165, 1.54) is 29.2 Å². The maximum Gasteiger partial charge on any atom is 0.410 e. The van der Waals surface area contributed by atoms with E-state index in [1.54, 1.807) is 13.8 Å². The van der Waals surface area contributed by atoms with Crippen molar-refractivity contribution in [3.05, 3.63) is 39.9 Å². The van der Waals surface area contributed by atoms with Crippen LogP contribution in [0.2, 0.25) is 0 Å². The Morgan fingerprint density at radius 3 is 2.48 bits per heavy atom. The fraction of sp³-hybridized carbons (Fsp3) is 0.579. The van der Waals surface area contributed by atoms with E-state index in [9.17, 15) is 28.1 Å². The molecular formula is C19H28N4O9S. The van der Waals surface area contributed by atoms with Crippen LogP contribution >= 0.6 is 0 Å². The van der Waals surface area contributed by atoms with Crippen LogP contribution in [-0.4, -0.2) is 74.1 Å². The molecule has 184 valence electrons. The van der Waals surface area contributed by atoms with Crippen LogP contribution in [0.25, 0.3) is 0 Å². The molecule has 1 heterocycles. The quantitative estimate of drug-likeness (QED) is 0.277. The third-order valence-corrected chi connectivity index (χ3v) is 5.41. The lowest BCUT2D eigenvalue weighted by molar-refractivity contribution is -0.384. The number of likely N-dealkylation sites (tertiary alicyclic amines) is 1. The zero-order valence-corrected chi connectivity index (χ0v) is 19.4. The molecule has 33 heavy (non-hydrogen) atoms. The van der Waals surface area contributed by atoms with Crippen LogP contribution in [0.15, 0.2) is 24.3 Å². The van der Waals surface area contributed by atoms with E-state index in [4.69, 9.17) is 19.4 Å². The highest BCUT2D eigenvalue weighted by Gasteiger charge is 2.39. The first-order chi connectivity index (χ1) is 15.3. The Balaban J connectivity index is 2.02. The van der Waals surface area contributed by atoms with E-state index >= 15 is 0 Å². The van der Waals surface area contributed by atoms with Gasteiger partial charge in [-0.25, -0.2) is 9.59 Å². The molecule has 1 aromatic rings. The molecule has 14 heteroatoms. The second-order valence-electron chi connectivity index (χ2n) is 8.23. The highest BCUT2D eigenvalue weighted by molar-refractivity contribution is 7.86. The van der Waals surface area contributed by atoms with Gasteiger partial charge in [-0.1, -0.05) is 0 Å². The molecule has 0 bridgehead atoms. The minimum Gasteiger partial charge on any atom is -0.445 e. The molecule has 2 rings (SSSR count). The van der Waals surface area contributed by atoms with E-state index in [0.29, 0.717) is 5.56 Å². The Morgan fingerprint density at radius 1 is 1.30 bits per heavy atom. The summed E-state index contributed by atoms with van der Waals surface area (Å²) in [6.07, 6.45) is -0.367. The summed E-state index contributed by atoms with van der Waals surface area (Å²) in [5, 5.41) is 13.2. The highest BCUT2D eigenvalue weighted by atomic mass is 32.2. The standard InChI is InChI=1S/C19H28N4O9S/c1-19(2,12-21-17(20)24)31-11-15-8-16(32-33(3,28)29)9-22(15)18(25)30-10-13-4-6-14(7-5-13)23(26)27/h4-7,15-16H,8-12H2,1-3H3,(H3,20,21,24)/t15-,16+/m0/s1. The third kappa shape index (κ3) is 8.82. The Bertz CT molecular complexity index is 966. The Morgan fingerprint density at radius 2 is 1.94 bits per heavy atom. The van der Waals surface area contributed by atoms with E-state index < -0.39 is 44.9 Å². The number of nitro groups is 1. The summed E-state index contributed by atoms with van der Waals surface area (Å²) in [5.41, 5.74) is 4.73. The molecule has 1 aromatic carbocycles. The summed E-state index contributed by atoms with van der Waals surface area (Å²) in [7, 11) is -3.74. The average Bonchev–Trinajstić information content (AvgIpc) is 3.10. The summed E-state index contributed by atoms with van der Waals surface area (Å²) in [6.45, 7) is 3.44. The van der Waals surface area contributed by atoms with Crippen molar-refractivity contribution < 1.29 is 36.6 Å². The van der Waals surface area contributed by atoms with Crippen molar-refractivity contribution in [2.24, 2.45) is 5.73 Å². The highest BCUT2D eigenvalue weighted by Crippen LogP contribution is 2.25. The number of hydrogen-bond donors (Lipinski definition) is 2. The number of carbonyl (C=O) groups excluding carboxylic acids is 2. The normalized spacial score (nSPS) is 18.7. The van der Waals surface area contributed by atoms with Crippen LogP contribution in [0, 0.1) is 10.1 Å².